The van der Waals surface area contributed by atoms with Gasteiger partial charge < -0.3 is 10.0 Å². The predicted octanol–water partition coefficient (Wildman–Crippen LogP) is 2.88. The number of fused-ring (bicyclic) bond motifs is 1. The van der Waals surface area contributed by atoms with Crippen LogP contribution in [0.4, 0.5) is 5.69 Å². The second-order valence-corrected chi connectivity index (χ2v) is 6.85. The summed E-state index contributed by atoms with van der Waals surface area (Å²) in [4.78, 5) is 18.7. The van der Waals surface area contributed by atoms with Crippen LogP contribution in [0, 0.1) is 0 Å². The predicted molar refractivity (Wildman–Crippen MR) is 81.7 cm³/mol. The van der Waals surface area contributed by atoms with Crippen LogP contribution >= 0.6 is 23.1 Å². The molecule has 0 spiro atoms. The highest BCUT2D eigenvalue weighted by Gasteiger charge is 2.21. The van der Waals surface area contributed by atoms with Crippen LogP contribution in [0.3, 0.4) is 0 Å². The van der Waals surface area contributed by atoms with Crippen molar-refractivity contribution in [1.82, 2.24) is 4.98 Å². The fourth-order valence-corrected chi connectivity index (χ4v) is 4.20. The minimum Gasteiger partial charge on any atom is -0.481 e. The second kappa shape index (κ2) is 5.85. The lowest BCUT2D eigenvalue weighted by molar-refractivity contribution is -0.133. The molecule has 0 fully saturated rings. The molecule has 20 heavy (non-hydrogen) atoms. The highest BCUT2D eigenvalue weighted by Crippen LogP contribution is 2.32. The molecule has 1 aliphatic heterocycles. The van der Waals surface area contributed by atoms with Crippen LogP contribution in [0.5, 0.6) is 0 Å². The fourth-order valence-electron chi connectivity index (χ4n) is 2.22. The summed E-state index contributed by atoms with van der Waals surface area (Å²) in [5.74, 6) is -0.719. The Kier molecular flexibility index (Phi) is 3.93. The van der Waals surface area contributed by atoms with Crippen LogP contribution in [0.25, 0.3) is 0 Å². The summed E-state index contributed by atoms with van der Waals surface area (Å²) in [7, 11) is 0. The summed E-state index contributed by atoms with van der Waals surface area (Å²) in [6.45, 7) is 1.83. The number of benzene rings is 1. The average Bonchev–Trinajstić information content (AvgIpc) is 2.88. The van der Waals surface area contributed by atoms with E-state index in [1.165, 1.54) is 22.3 Å². The Hall–Kier alpha value is -1.53. The van der Waals surface area contributed by atoms with Gasteiger partial charge in [-0.2, -0.15) is 0 Å². The number of carboxylic acid groups (broad SMARTS) is 1. The molecule has 1 N–H and O–H groups in total. The van der Waals surface area contributed by atoms with E-state index in [2.05, 4.69) is 22.0 Å². The van der Waals surface area contributed by atoms with Crippen molar-refractivity contribution in [3.05, 3.63) is 40.9 Å². The molecule has 0 atom stereocenters. The maximum absolute atomic E-state index is 10.6. The van der Waals surface area contributed by atoms with Gasteiger partial charge in [0.1, 0.15) is 0 Å². The monoisotopic (exact) mass is 306 g/mol. The lowest BCUT2D eigenvalue weighted by Gasteiger charge is -2.28. The molecule has 0 radical (unpaired) electrons. The molecule has 6 heteroatoms. The van der Waals surface area contributed by atoms with Crippen molar-refractivity contribution < 1.29 is 9.90 Å². The van der Waals surface area contributed by atoms with Crippen LogP contribution in [0.15, 0.2) is 34.7 Å². The number of rotatable bonds is 4. The maximum Gasteiger partial charge on any atom is 0.313 e. The lowest BCUT2D eigenvalue weighted by Crippen LogP contribution is -2.29. The van der Waals surface area contributed by atoms with Crippen molar-refractivity contribution in [3.8, 4) is 0 Å². The number of hydrogen-bond acceptors (Lipinski definition) is 5. The summed E-state index contributed by atoms with van der Waals surface area (Å²) < 4.78 is 0.868. The fraction of sp³-hybridized carbons (Fsp3) is 0.286. The number of anilines is 1. The van der Waals surface area contributed by atoms with E-state index in [9.17, 15) is 4.79 Å². The van der Waals surface area contributed by atoms with Crippen molar-refractivity contribution in [1.29, 1.82) is 0 Å². The zero-order valence-corrected chi connectivity index (χ0v) is 12.4. The molecule has 0 bridgehead atoms. The molecule has 3 rings (SSSR count). The summed E-state index contributed by atoms with van der Waals surface area (Å²) in [6.07, 6.45) is 0.925. The van der Waals surface area contributed by atoms with Crippen molar-refractivity contribution in [3.63, 3.8) is 0 Å². The third kappa shape index (κ3) is 2.96. The highest BCUT2D eigenvalue weighted by molar-refractivity contribution is 8.01. The summed E-state index contributed by atoms with van der Waals surface area (Å²) >= 11 is 2.93. The first-order valence-electron chi connectivity index (χ1n) is 6.35. The summed E-state index contributed by atoms with van der Waals surface area (Å²) in [6, 6.07) is 10.3. The van der Waals surface area contributed by atoms with E-state index in [0.717, 1.165) is 29.5 Å². The van der Waals surface area contributed by atoms with Gasteiger partial charge in [-0.25, -0.2) is 4.98 Å². The number of thiazole rings is 1. The van der Waals surface area contributed by atoms with E-state index in [1.54, 1.807) is 11.3 Å². The van der Waals surface area contributed by atoms with E-state index in [-0.39, 0.29) is 5.75 Å². The first kappa shape index (κ1) is 13.5. The van der Waals surface area contributed by atoms with Crippen molar-refractivity contribution in [2.45, 2.75) is 17.3 Å². The lowest BCUT2D eigenvalue weighted by atomic mass is 10.1. The third-order valence-electron chi connectivity index (χ3n) is 3.15. The molecule has 2 aromatic rings. The standard InChI is InChI=1S/C14H14N2O2S2/c17-13(18)9-19-14-15-11-6-7-16(8-12(11)20-14)10-4-2-1-3-5-10/h1-5H,6-9H2,(H,17,18). The number of para-hydroxylation sites is 1. The van der Waals surface area contributed by atoms with Crippen LogP contribution < -0.4 is 4.90 Å². The quantitative estimate of drug-likeness (QED) is 0.880. The van der Waals surface area contributed by atoms with Gasteiger partial charge in [-0.05, 0) is 12.1 Å². The number of hydrogen-bond donors (Lipinski definition) is 1. The molecule has 1 aromatic heterocycles. The molecule has 104 valence electrons. The molecular formula is C14H14N2O2S2. The first-order valence-corrected chi connectivity index (χ1v) is 8.16. The zero-order chi connectivity index (χ0) is 13.9. The summed E-state index contributed by atoms with van der Waals surface area (Å²) in [5.41, 5.74) is 2.36. The number of nitrogens with zero attached hydrogens (tertiary/aromatic N) is 2. The molecule has 0 unspecified atom stereocenters. The van der Waals surface area contributed by atoms with E-state index in [0.29, 0.717) is 0 Å². The Morgan fingerprint density at radius 2 is 2.20 bits per heavy atom. The van der Waals surface area contributed by atoms with Gasteiger partial charge in [0.2, 0.25) is 0 Å². The number of thioether (sulfide) groups is 1. The molecule has 0 saturated heterocycles. The number of aliphatic carboxylic acids is 1. The first-order chi connectivity index (χ1) is 9.72. The zero-order valence-electron chi connectivity index (χ0n) is 10.8. The molecule has 0 amide bonds. The topological polar surface area (TPSA) is 53.4 Å². The molecule has 1 aromatic carbocycles. The largest absolute Gasteiger partial charge is 0.481 e. The van der Waals surface area contributed by atoms with Crippen LogP contribution in [0.2, 0.25) is 0 Å². The van der Waals surface area contributed by atoms with Crippen LogP contribution in [-0.4, -0.2) is 28.4 Å². The van der Waals surface area contributed by atoms with Gasteiger partial charge in [-0.15, -0.1) is 11.3 Å². The van der Waals surface area contributed by atoms with Crippen molar-refractivity contribution in [2.24, 2.45) is 0 Å². The molecule has 0 saturated carbocycles. The SMILES string of the molecule is O=C(O)CSc1nc2c(s1)CN(c1ccccc1)CC2. The Morgan fingerprint density at radius 1 is 1.40 bits per heavy atom. The van der Waals surface area contributed by atoms with Crippen molar-refractivity contribution in [2.75, 3.05) is 17.2 Å². The third-order valence-corrected chi connectivity index (χ3v) is 5.36. The van der Waals surface area contributed by atoms with E-state index in [4.69, 9.17) is 5.11 Å². The summed E-state index contributed by atoms with van der Waals surface area (Å²) in [5, 5.41) is 8.72. The molecule has 0 aliphatic carbocycles. The normalized spacial score (nSPS) is 14.1. The van der Waals surface area contributed by atoms with Gasteiger partial charge in [0.05, 0.1) is 18.0 Å². The Balaban J connectivity index is 1.73. The molecular weight excluding hydrogens is 292 g/mol. The van der Waals surface area contributed by atoms with Gasteiger partial charge >= 0.3 is 5.97 Å². The number of aromatic nitrogens is 1. The molecule has 2 heterocycles. The van der Waals surface area contributed by atoms with Gasteiger partial charge in [0.25, 0.3) is 0 Å². The smallest absolute Gasteiger partial charge is 0.313 e. The van der Waals surface area contributed by atoms with E-state index < -0.39 is 5.97 Å². The van der Waals surface area contributed by atoms with Crippen LogP contribution in [-0.2, 0) is 17.8 Å². The minimum atomic E-state index is -0.797. The van der Waals surface area contributed by atoms with Gasteiger partial charge in [0, 0.05) is 23.5 Å². The highest BCUT2D eigenvalue weighted by atomic mass is 32.2. The average molecular weight is 306 g/mol. The van der Waals surface area contributed by atoms with Crippen molar-refractivity contribution >= 4 is 34.8 Å². The molecule has 4 nitrogen and oxygen atoms in total. The Labute approximate surface area is 125 Å². The van der Waals surface area contributed by atoms with Gasteiger partial charge in [-0.3, -0.25) is 4.79 Å². The maximum atomic E-state index is 10.6. The Bertz CT molecular complexity index is 613. The number of carboxylic acids is 1. The minimum absolute atomic E-state index is 0.0782. The Morgan fingerprint density at radius 3 is 2.95 bits per heavy atom. The molecule has 1 aliphatic rings. The number of carbonyl (C=O) groups is 1. The van der Waals surface area contributed by atoms with Gasteiger partial charge in [0.15, 0.2) is 4.34 Å². The second-order valence-electron chi connectivity index (χ2n) is 4.54. The van der Waals surface area contributed by atoms with E-state index >= 15 is 0 Å². The van der Waals surface area contributed by atoms with Gasteiger partial charge in [-0.1, -0.05) is 30.0 Å². The van der Waals surface area contributed by atoms with E-state index in [1.807, 2.05) is 18.2 Å². The van der Waals surface area contributed by atoms with Crippen LogP contribution in [0.1, 0.15) is 10.6 Å².